The molecule has 126 valence electrons. The van der Waals surface area contributed by atoms with Crippen molar-refractivity contribution < 1.29 is 9.59 Å². The standard InChI is InChI=1S/C20H24N2O2/c1-13-6-7-19(16(4)9-13)21-20(24)12-22(17(5)23)18-10-14(2)8-15(3)11-18/h6-11H,12H2,1-5H3,(H,21,24). The number of hydrogen-bond acceptors (Lipinski definition) is 2. The predicted molar refractivity (Wildman–Crippen MR) is 98.5 cm³/mol. The minimum atomic E-state index is -0.212. The van der Waals surface area contributed by atoms with Crippen LogP contribution in [-0.2, 0) is 9.59 Å². The molecule has 0 aliphatic rings. The van der Waals surface area contributed by atoms with Crippen LogP contribution >= 0.6 is 0 Å². The summed E-state index contributed by atoms with van der Waals surface area (Å²) in [6, 6.07) is 11.7. The lowest BCUT2D eigenvalue weighted by molar-refractivity contribution is -0.120. The zero-order valence-corrected chi connectivity index (χ0v) is 14.9. The third kappa shape index (κ3) is 4.44. The summed E-state index contributed by atoms with van der Waals surface area (Å²) in [5.74, 6) is -0.368. The molecule has 0 bridgehead atoms. The van der Waals surface area contributed by atoms with Crippen LogP contribution in [-0.4, -0.2) is 18.4 Å². The second kappa shape index (κ2) is 7.30. The van der Waals surface area contributed by atoms with E-state index in [2.05, 4.69) is 5.32 Å². The van der Waals surface area contributed by atoms with E-state index in [0.29, 0.717) is 0 Å². The number of amides is 2. The summed E-state index contributed by atoms with van der Waals surface area (Å²) in [5.41, 5.74) is 5.79. The molecule has 2 rings (SSSR count). The van der Waals surface area contributed by atoms with Crippen LogP contribution in [0.15, 0.2) is 36.4 Å². The van der Waals surface area contributed by atoms with Crippen molar-refractivity contribution in [3.8, 4) is 0 Å². The summed E-state index contributed by atoms with van der Waals surface area (Å²) in [6.45, 7) is 9.38. The minimum Gasteiger partial charge on any atom is -0.324 e. The van der Waals surface area contributed by atoms with Crippen molar-refractivity contribution in [2.75, 3.05) is 16.8 Å². The smallest absolute Gasteiger partial charge is 0.244 e. The van der Waals surface area contributed by atoms with E-state index < -0.39 is 0 Å². The largest absolute Gasteiger partial charge is 0.324 e. The van der Waals surface area contributed by atoms with E-state index in [1.165, 1.54) is 11.8 Å². The van der Waals surface area contributed by atoms with Gasteiger partial charge in [0.25, 0.3) is 0 Å². The van der Waals surface area contributed by atoms with Crippen molar-refractivity contribution in [3.05, 3.63) is 58.7 Å². The van der Waals surface area contributed by atoms with E-state index in [4.69, 9.17) is 0 Å². The van der Waals surface area contributed by atoms with E-state index >= 15 is 0 Å². The number of nitrogens with one attached hydrogen (secondary N) is 1. The Bertz CT molecular complexity index is 761. The molecular weight excluding hydrogens is 300 g/mol. The van der Waals surface area contributed by atoms with Crippen LogP contribution in [0.25, 0.3) is 0 Å². The summed E-state index contributed by atoms with van der Waals surface area (Å²) >= 11 is 0. The molecule has 0 aliphatic carbocycles. The van der Waals surface area contributed by atoms with Crippen LogP contribution in [0.1, 0.15) is 29.2 Å². The fourth-order valence-electron chi connectivity index (χ4n) is 2.78. The number of anilines is 2. The SMILES string of the molecule is CC(=O)N(CC(=O)Nc1ccc(C)cc1C)c1cc(C)cc(C)c1. The lowest BCUT2D eigenvalue weighted by atomic mass is 10.1. The lowest BCUT2D eigenvalue weighted by Gasteiger charge is -2.22. The molecule has 0 unspecified atom stereocenters. The maximum Gasteiger partial charge on any atom is 0.244 e. The first kappa shape index (κ1) is 17.7. The molecule has 0 saturated heterocycles. The number of nitrogens with zero attached hydrogens (tertiary/aromatic N) is 1. The lowest BCUT2D eigenvalue weighted by Crippen LogP contribution is -2.36. The number of hydrogen-bond donors (Lipinski definition) is 1. The van der Waals surface area contributed by atoms with E-state index in [1.807, 2.05) is 64.1 Å². The Labute approximate surface area is 143 Å². The molecule has 0 radical (unpaired) electrons. The highest BCUT2D eigenvalue weighted by molar-refractivity contribution is 6.02. The first-order valence-electron chi connectivity index (χ1n) is 8.00. The number of benzene rings is 2. The van der Waals surface area contributed by atoms with Gasteiger partial charge in [0, 0.05) is 18.3 Å². The van der Waals surface area contributed by atoms with E-state index in [0.717, 1.165) is 33.6 Å². The summed E-state index contributed by atoms with van der Waals surface area (Å²) < 4.78 is 0. The summed E-state index contributed by atoms with van der Waals surface area (Å²) in [7, 11) is 0. The van der Waals surface area contributed by atoms with Crippen molar-refractivity contribution in [2.45, 2.75) is 34.6 Å². The van der Waals surface area contributed by atoms with Gasteiger partial charge in [-0.3, -0.25) is 9.59 Å². The zero-order chi connectivity index (χ0) is 17.9. The average molecular weight is 324 g/mol. The van der Waals surface area contributed by atoms with E-state index in [1.54, 1.807) is 0 Å². The molecular formula is C20H24N2O2. The van der Waals surface area contributed by atoms with Crippen molar-refractivity contribution in [1.29, 1.82) is 0 Å². The summed E-state index contributed by atoms with van der Waals surface area (Å²) in [5, 5.41) is 2.89. The average Bonchev–Trinajstić information content (AvgIpc) is 2.46. The van der Waals surface area contributed by atoms with Gasteiger partial charge in [-0.15, -0.1) is 0 Å². The van der Waals surface area contributed by atoms with Crippen molar-refractivity contribution in [1.82, 2.24) is 0 Å². The van der Waals surface area contributed by atoms with Gasteiger partial charge in [0.15, 0.2) is 0 Å². The van der Waals surface area contributed by atoms with Gasteiger partial charge in [0.2, 0.25) is 11.8 Å². The Morgan fingerprint density at radius 2 is 1.54 bits per heavy atom. The molecule has 4 nitrogen and oxygen atoms in total. The molecule has 0 aliphatic heterocycles. The van der Waals surface area contributed by atoms with Crippen LogP contribution < -0.4 is 10.2 Å². The highest BCUT2D eigenvalue weighted by atomic mass is 16.2. The monoisotopic (exact) mass is 324 g/mol. The van der Waals surface area contributed by atoms with E-state index in [-0.39, 0.29) is 18.4 Å². The van der Waals surface area contributed by atoms with Gasteiger partial charge in [0.1, 0.15) is 6.54 Å². The predicted octanol–water partition coefficient (Wildman–Crippen LogP) is 3.91. The molecule has 0 aromatic heterocycles. The number of carbonyl (C=O) groups excluding carboxylic acids is 2. The Kier molecular flexibility index (Phi) is 5.39. The summed E-state index contributed by atoms with van der Waals surface area (Å²) in [4.78, 5) is 25.9. The topological polar surface area (TPSA) is 49.4 Å². The zero-order valence-electron chi connectivity index (χ0n) is 14.9. The second-order valence-electron chi connectivity index (χ2n) is 6.32. The normalized spacial score (nSPS) is 10.4. The molecule has 0 fully saturated rings. The Hall–Kier alpha value is -2.62. The molecule has 4 heteroatoms. The van der Waals surface area contributed by atoms with Gasteiger partial charge in [0.05, 0.1) is 0 Å². The maximum atomic E-state index is 12.4. The van der Waals surface area contributed by atoms with Gasteiger partial charge >= 0.3 is 0 Å². The van der Waals surface area contributed by atoms with Gasteiger partial charge in [-0.2, -0.15) is 0 Å². The molecule has 0 saturated carbocycles. The summed E-state index contributed by atoms with van der Waals surface area (Å²) in [6.07, 6.45) is 0. The van der Waals surface area contributed by atoms with Crippen LogP contribution in [0, 0.1) is 27.7 Å². The van der Waals surface area contributed by atoms with Crippen molar-refractivity contribution >= 4 is 23.2 Å². The molecule has 24 heavy (non-hydrogen) atoms. The van der Waals surface area contributed by atoms with Crippen molar-refractivity contribution in [3.63, 3.8) is 0 Å². The van der Waals surface area contributed by atoms with Gasteiger partial charge in [-0.05, 0) is 62.6 Å². The van der Waals surface area contributed by atoms with Crippen LogP contribution in [0.5, 0.6) is 0 Å². The van der Waals surface area contributed by atoms with Crippen molar-refractivity contribution in [2.24, 2.45) is 0 Å². The van der Waals surface area contributed by atoms with Crippen LogP contribution in [0.3, 0.4) is 0 Å². The molecule has 1 N–H and O–H groups in total. The van der Waals surface area contributed by atoms with Gasteiger partial charge in [-0.1, -0.05) is 23.8 Å². The maximum absolute atomic E-state index is 12.4. The molecule has 0 heterocycles. The molecule has 2 amide bonds. The van der Waals surface area contributed by atoms with Crippen LogP contribution in [0.4, 0.5) is 11.4 Å². The minimum absolute atomic E-state index is 0.00839. The number of carbonyl (C=O) groups is 2. The number of rotatable bonds is 4. The molecule has 0 atom stereocenters. The first-order chi connectivity index (χ1) is 11.3. The molecule has 2 aromatic rings. The Morgan fingerprint density at radius 3 is 2.08 bits per heavy atom. The number of aryl methyl sites for hydroxylation is 4. The Morgan fingerprint density at radius 1 is 0.917 bits per heavy atom. The fraction of sp³-hybridized carbons (Fsp3) is 0.300. The van der Waals surface area contributed by atoms with Gasteiger partial charge in [-0.25, -0.2) is 0 Å². The highest BCUT2D eigenvalue weighted by Crippen LogP contribution is 2.20. The first-order valence-corrected chi connectivity index (χ1v) is 8.00. The highest BCUT2D eigenvalue weighted by Gasteiger charge is 2.17. The fourth-order valence-corrected chi connectivity index (χ4v) is 2.78. The Balaban J connectivity index is 2.18. The third-order valence-electron chi connectivity index (χ3n) is 3.86. The second-order valence-corrected chi connectivity index (χ2v) is 6.32. The molecule has 0 spiro atoms. The van der Waals surface area contributed by atoms with E-state index in [9.17, 15) is 9.59 Å². The van der Waals surface area contributed by atoms with Crippen LogP contribution in [0.2, 0.25) is 0 Å². The third-order valence-corrected chi connectivity index (χ3v) is 3.86. The molecule has 2 aromatic carbocycles. The quantitative estimate of drug-likeness (QED) is 0.927. The van der Waals surface area contributed by atoms with Gasteiger partial charge < -0.3 is 10.2 Å².